The minimum atomic E-state index is 0.00930. The molecule has 34 heavy (non-hydrogen) atoms. The molecule has 1 aliphatic heterocycles. The van der Waals surface area contributed by atoms with Crippen LogP contribution in [0.2, 0.25) is 0 Å². The van der Waals surface area contributed by atoms with Gasteiger partial charge in [0, 0.05) is 38.3 Å². The normalized spacial score (nSPS) is 33.8. The Morgan fingerprint density at radius 1 is 1.03 bits per heavy atom. The van der Waals surface area contributed by atoms with Gasteiger partial charge in [-0.1, -0.05) is 19.3 Å². The SMILES string of the molecule is O=C(NC12CC3CC(CC(C3)C1)C2)c1cnn(CCN2CCNCC2)c1OCC1CCCCC1. The number of amides is 1. The highest BCUT2D eigenvalue weighted by atomic mass is 16.5. The van der Waals surface area contributed by atoms with Crippen LogP contribution in [0.1, 0.15) is 81.0 Å². The molecule has 6 fully saturated rings. The molecule has 2 heterocycles. The van der Waals surface area contributed by atoms with E-state index in [-0.39, 0.29) is 11.4 Å². The quantitative estimate of drug-likeness (QED) is 0.610. The topological polar surface area (TPSA) is 71.4 Å². The van der Waals surface area contributed by atoms with Crippen molar-refractivity contribution in [3.63, 3.8) is 0 Å². The zero-order chi connectivity index (χ0) is 23.0. The molecule has 7 nitrogen and oxygen atoms in total. The van der Waals surface area contributed by atoms with Crippen molar-refractivity contribution in [1.29, 1.82) is 0 Å². The van der Waals surface area contributed by atoms with Gasteiger partial charge in [-0.3, -0.25) is 9.69 Å². The molecule has 7 rings (SSSR count). The van der Waals surface area contributed by atoms with Gasteiger partial charge < -0.3 is 15.4 Å². The molecule has 5 aliphatic carbocycles. The van der Waals surface area contributed by atoms with Crippen LogP contribution in [0.15, 0.2) is 6.20 Å². The molecule has 188 valence electrons. The minimum absolute atomic E-state index is 0.00930. The first-order valence-corrected chi connectivity index (χ1v) is 14.1. The van der Waals surface area contributed by atoms with Crippen LogP contribution in [0.25, 0.3) is 0 Å². The highest BCUT2D eigenvalue weighted by Crippen LogP contribution is 2.55. The third-order valence-electron chi connectivity index (χ3n) is 9.47. The summed E-state index contributed by atoms with van der Waals surface area (Å²) in [6.07, 6.45) is 15.8. The average molecular weight is 470 g/mol. The second kappa shape index (κ2) is 9.81. The number of rotatable bonds is 8. The van der Waals surface area contributed by atoms with Crippen molar-refractivity contribution in [3.8, 4) is 5.88 Å². The Bertz CT molecular complexity index is 820. The van der Waals surface area contributed by atoms with Gasteiger partial charge >= 0.3 is 0 Å². The molecule has 0 atom stereocenters. The van der Waals surface area contributed by atoms with Gasteiger partial charge in [0.05, 0.1) is 19.3 Å². The van der Waals surface area contributed by atoms with Crippen LogP contribution in [0.3, 0.4) is 0 Å². The zero-order valence-corrected chi connectivity index (χ0v) is 20.8. The fraction of sp³-hybridized carbons (Fsp3) is 0.852. The lowest BCUT2D eigenvalue weighted by Crippen LogP contribution is -2.59. The number of hydrogen-bond acceptors (Lipinski definition) is 5. The predicted molar refractivity (Wildman–Crippen MR) is 132 cm³/mol. The van der Waals surface area contributed by atoms with Gasteiger partial charge in [0.1, 0.15) is 5.56 Å². The lowest BCUT2D eigenvalue weighted by atomic mass is 9.53. The van der Waals surface area contributed by atoms with Crippen molar-refractivity contribution in [3.05, 3.63) is 11.8 Å². The summed E-state index contributed by atoms with van der Waals surface area (Å²) in [6, 6.07) is 0. The Morgan fingerprint density at radius 3 is 2.38 bits per heavy atom. The maximum absolute atomic E-state index is 13.7. The maximum Gasteiger partial charge on any atom is 0.258 e. The number of ether oxygens (including phenoxy) is 1. The van der Waals surface area contributed by atoms with E-state index in [1.165, 1.54) is 70.6 Å². The number of nitrogens with one attached hydrogen (secondary N) is 2. The summed E-state index contributed by atoms with van der Waals surface area (Å²) < 4.78 is 8.40. The first-order valence-electron chi connectivity index (χ1n) is 14.1. The van der Waals surface area contributed by atoms with E-state index in [0.717, 1.165) is 57.0 Å². The highest BCUT2D eigenvalue weighted by Gasteiger charge is 2.51. The minimum Gasteiger partial charge on any atom is -0.477 e. The van der Waals surface area contributed by atoms with Gasteiger partial charge in [-0.25, -0.2) is 4.68 Å². The fourth-order valence-corrected chi connectivity index (χ4v) is 8.13. The molecule has 4 bridgehead atoms. The Morgan fingerprint density at radius 2 is 1.71 bits per heavy atom. The summed E-state index contributed by atoms with van der Waals surface area (Å²) in [7, 11) is 0. The molecule has 0 aromatic carbocycles. The molecule has 7 heteroatoms. The van der Waals surface area contributed by atoms with E-state index in [4.69, 9.17) is 4.74 Å². The number of piperazine rings is 1. The van der Waals surface area contributed by atoms with Crippen molar-refractivity contribution < 1.29 is 9.53 Å². The molecule has 5 saturated carbocycles. The largest absolute Gasteiger partial charge is 0.477 e. The molecular formula is C27H43N5O2. The van der Waals surface area contributed by atoms with E-state index >= 15 is 0 Å². The monoisotopic (exact) mass is 469 g/mol. The second-order valence-electron chi connectivity index (χ2n) is 12.1. The smallest absolute Gasteiger partial charge is 0.258 e. The molecule has 1 aromatic rings. The third kappa shape index (κ3) is 4.88. The van der Waals surface area contributed by atoms with Crippen LogP contribution in [-0.2, 0) is 6.54 Å². The number of aromatic nitrogens is 2. The van der Waals surface area contributed by atoms with E-state index in [2.05, 4.69) is 20.6 Å². The molecule has 0 spiro atoms. The van der Waals surface area contributed by atoms with Crippen molar-refractivity contribution in [1.82, 2.24) is 25.3 Å². The summed E-state index contributed by atoms with van der Waals surface area (Å²) in [5.74, 6) is 3.78. The first-order chi connectivity index (χ1) is 16.7. The van der Waals surface area contributed by atoms with Crippen molar-refractivity contribution in [2.24, 2.45) is 23.7 Å². The maximum atomic E-state index is 13.7. The predicted octanol–water partition coefficient (Wildman–Crippen LogP) is 3.45. The number of hydrogen-bond donors (Lipinski definition) is 2. The molecule has 6 aliphatic rings. The summed E-state index contributed by atoms with van der Waals surface area (Å²) in [5, 5.41) is 11.6. The number of nitrogens with zero attached hydrogens (tertiary/aromatic N) is 3. The van der Waals surface area contributed by atoms with Crippen LogP contribution in [0, 0.1) is 23.7 Å². The standard InChI is InChI=1S/C27H43N5O2/c33-25(30-27-15-21-12-22(16-27)14-23(13-21)17-27)24-18-29-32(11-10-31-8-6-28-7-9-31)26(24)34-19-20-4-2-1-3-5-20/h18,20-23,28H,1-17,19H2,(H,30,33). The molecule has 1 aromatic heterocycles. The second-order valence-corrected chi connectivity index (χ2v) is 12.1. The highest BCUT2D eigenvalue weighted by molar-refractivity contribution is 5.96. The van der Waals surface area contributed by atoms with Crippen LogP contribution in [-0.4, -0.2) is 65.5 Å². The Kier molecular flexibility index (Phi) is 6.59. The molecule has 2 N–H and O–H groups in total. The van der Waals surface area contributed by atoms with E-state index in [0.29, 0.717) is 24.0 Å². The molecular weight excluding hydrogens is 426 g/mol. The molecule has 1 amide bonds. The molecule has 0 radical (unpaired) electrons. The Hall–Kier alpha value is -1.60. The van der Waals surface area contributed by atoms with Crippen molar-refractivity contribution >= 4 is 5.91 Å². The number of carbonyl (C=O) groups is 1. The van der Waals surface area contributed by atoms with Crippen LogP contribution >= 0.6 is 0 Å². The van der Waals surface area contributed by atoms with E-state index in [1.807, 2.05) is 4.68 Å². The number of carbonyl (C=O) groups excluding carboxylic acids is 1. The first kappa shape index (κ1) is 22.8. The van der Waals surface area contributed by atoms with Crippen LogP contribution in [0.5, 0.6) is 5.88 Å². The summed E-state index contributed by atoms with van der Waals surface area (Å²) >= 11 is 0. The zero-order valence-electron chi connectivity index (χ0n) is 20.8. The van der Waals surface area contributed by atoms with Crippen molar-refractivity contribution in [2.45, 2.75) is 82.7 Å². The molecule has 0 unspecified atom stereocenters. The molecule has 1 saturated heterocycles. The van der Waals surface area contributed by atoms with Gasteiger partial charge in [0.25, 0.3) is 5.91 Å². The van der Waals surface area contributed by atoms with Crippen molar-refractivity contribution in [2.75, 3.05) is 39.3 Å². The van der Waals surface area contributed by atoms with Crippen LogP contribution < -0.4 is 15.4 Å². The van der Waals surface area contributed by atoms with Gasteiger partial charge in [-0.15, -0.1) is 0 Å². The summed E-state index contributed by atoms with van der Waals surface area (Å²) in [5.41, 5.74) is 0.655. The Labute approximate surface area is 204 Å². The van der Waals surface area contributed by atoms with E-state index in [9.17, 15) is 4.79 Å². The van der Waals surface area contributed by atoms with Gasteiger partial charge in [-0.05, 0) is 75.0 Å². The van der Waals surface area contributed by atoms with Crippen LogP contribution in [0.4, 0.5) is 0 Å². The van der Waals surface area contributed by atoms with E-state index < -0.39 is 0 Å². The summed E-state index contributed by atoms with van der Waals surface area (Å²) in [6.45, 7) is 6.64. The lowest BCUT2D eigenvalue weighted by molar-refractivity contribution is -0.0167. The third-order valence-corrected chi connectivity index (χ3v) is 9.47. The van der Waals surface area contributed by atoms with Gasteiger partial charge in [0.15, 0.2) is 0 Å². The fourth-order valence-electron chi connectivity index (χ4n) is 8.13. The van der Waals surface area contributed by atoms with Gasteiger partial charge in [0.2, 0.25) is 5.88 Å². The Balaban J connectivity index is 1.17. The summed E-state index contributed by atoms with van der Waals surface area (Å²) in [4.78, 5) is 16.1. The van der Waals surface area contributed by atoms with Gasteiger partial charge in [-0.2, -0.15) is 5.10 Å². The lowest BCUT2D eigenvalue weighted by Gasteiger charge is -2.56. The average Bonchev–Trinajstić information content (AvgIpc) is 3.24. The van der Waals surface area contributed by atoms with E-state index in [1.54, 1.807) is 6.20 Å².